The number of nitrogens with zero attached hydrogens (tertiary/aromatic N) is 8. The lowest BCUT2D eigenvalue weighted by molar-refractivity contribution is -0.160. The average molecular weight is 1500 g/mol. The largest absolute Gasteiger partial charge is 0.342 e. The number of rotatable bonds is 14. The molecule has 12 amide bonds. The second-order valence-corrected chi connectivity index (χ2v) is 30.3. The molecule has 3 aromatic rings. The van der Waals surface area contributed by atoms with Crippen LogP contribution in [-0.4, -0.2) is 238 Å². The molecular weight excluding hydrogens is 1390 g/mol. The number of fused-ring (bicyclic) bond motifs is 1. The van der Waals surface area contributed by atoms with Gasteiger partial charge in [-0.1, -0.05) is 120 Å². The maximum Gasteiger partial charge on any atom is 0.246 e. The van der Waals surface area contributed by atoms with Crippen molar-refractivity contribution in [3.8, 4) is 0 Å². The van der Waals surface area contributed by atoms with Crippen LogP contribution < -0.4 is 21.3 Å². The van der Waals surface area contributed by atoms with Crippen LogP contribution in [0.15, 0.2) is 78.9 Å². The molecule has 0 aliphatic carbocycles. The summed E-state index contributed by atoms with van der Waals surface area (Å²) < 4.78 is 0.846. The summed E-state index contributed by atoms with van der Waals surface area (Å²) in [6.45, 7) is 17.9. The van der Waals surface area contributed by atoms with Gasteiger partial charge in [-0.05, 0) is 148 Å². The zero-order chi connectivity index (χ0) is 74.2. The van der Waals surface area contributed by atoms with E-state index < -0.39 is 150 Å². The molecule has 6 rings (SSSR count). The number of hydrogen-bond donors (Lipinski definition) is 4. The van der Waals surface area contributed by atoms with Crippen molar-refractivity contribution in [1.82, 2.24) is 60.5 Å². The van der Waals surface area contributed by atoms with E-state index in [0.717, 1.165) is 21.1 Å². The van der Waals surface area contributed by atoms with Crippen LogP contribution in [0.3, 0.4) is 0 Å². The van der Waals surface area contributed by atoms with Crippen LogP contribution >= 0.6 is 22.6 Å². The lowest BCUT2D eigenvalue weighted by atomic mass is 9.94. The van der Waals surface area contributed by atoms with Gasteiger partial charge in [0.25, 0.3) is 0 Å². The molecule has 10 atom stereocenters. The highest BCUT2D eigenvalue weighted by molar-refractivity contribution is 14.1. The van der Waals surface area contributed by atoms with Crippen LogP contribution in [-0.2, 0) is 76.8 Å². The monoisotopic (exact) mass is 1500 g/mol. The Balaban J connectivity index is 1.46. The highest BCUT2D eigenvalue weighted by Gasteiger charge is 2.47. The zero-order valence-electron chi connectivity index (χ0n) is 61.6. The molecule has 3 heterocycles. The number of hydrogen-bond acceptors (Lipinski definition) is 12. The first-order chi connectivity index (χ1) is 47.1. The van der Waals surface area contributed by atoms with Gasteiger partial charge >= 0.3 is 0 Å². The van der Waals surface area contributed by atoms with Crippen molar-refractivity contribution in [3.63, 3.8) is 0 Å². The third kappa shape index (κ3) is 21.1. The predicted molar refractivity (Wildman–Crippen MR) is 390 cm³/mol. The minimum absolute atomic E-state index is 0.0161. The number of benzene rings is 3. The maximum atomic E-state index is 15.3. The third-order valence-electron chi connectivity index (χ3n) is 20.2. The zero-order valence-corrected chi connectivity index (χ0v) is 63.8. The van der Waals surface area contributed by atoms with Gasteiger partial charge in [-0.2, -0.15) is 0 Å². The lowest BCUT2D eigenvalue weighted by Gasteiger charge is -2.45. The van der Waals surface area contributed by atoms with Crippen molar-refractivity contribution in [2.45, 2.75) is 206 Å². The van der Waals surface area contributed by atoms with Crippen LogP contribution in [0.2, 0.25) is 0 Å². The van der Waals surface area contributed by atoms with E-state index in [1.165, 1.54) is 97.4 Å². The first-order valence-corrected chi connectivity index (χ1v) is 36.4. The molecule has 24 nitrogen and oxygen atoms in total. The molecule has 4 N–H and O–H groups in total. The van der Waals surface area contributed by atoms with Crippen LogP contribution in [0, 0.1) is 28.2 Å². The number of likely N-dealkylation sites (N-methyl/N-ethyl adjacent to an activating group) is 6. The van der Waals surface area contributed by atoms with Gasteiger partial charge in [0.1, 0.15) is 59.9 Å². The summed E-state index contributed by atoms with van der Waals surface area (Å²) in [5.41, 5.74) is 1.44. The number of likely N-dealkylation sites (tertiary alicyclic amines) is 1. The third-order valence-corrected chi connectivity index (χ3v) is 20.9. The fourth-order valence-electron chi connectivity index (χ4n) is 12.9. The van der Waals surface area contributed by atoms with Gasteiger partial charge in [0, 0.05) is 78.3 Å². The van der Waals surface area contributed by atoms with Crippen LogP contribution in [0.25, 0.3) is 0 Å². The van der Waals surface area contributed by atoms with Crippen LogP contribution in [0.5, 0.6) is 0 Å². The Kier molecular flexibility index (Phi) is 29.6. The number of carbonyl (C=O) groups is 12. The average Bonchev–Trinajstić information content (AvgIpc) is 0.787. The fraction of sp³-hybridized carbons (Fsp3) is 0.600. The maximum absolute atomic E-state index is 15.3. The Morgan fingerprint density at radius 1 is 0.590 bits per heavy atom. The molecule has 0 bridgehead atoms. The number of carbonyl (C=O) groups excluding carboxylic acids is 12. The number of piperidine rings is 1. The summed E-state index contributed by atoms with van der Waals surface area (Å²) in [6, 6.07) is 12.9. The molecule has 1 unspecified atom stereocenters. The molecule has 100 heavy (non-hydrogen) atoms. The Labute approximate surface area is 605 Å². The molecule has 3 aliphatic rings. The van der Waals surface area contributed by atoms with E-state index in [-0.39, 0.29) is 56.9 Å². The summed E-state index contributed by atoms with van der Waals surface area (Å²) >= 11 is 2.14. The highest BCUT2D eigenvalue weighted by atomic mass is 127. The smallest absolute Gasteiger partial charge is 0.246 e. The molecule has 0 spiro atoms. The Hall–Kier alpha value is -7.97. The first kappa shape index (κ1) is 81.0. The van der Waals surface area contributed by atoms with Gasteiger partial charge < -0.3 is 60.5 Å². The van der Waals surface area contributed by atoms with E-state index in [9.17, 15) is 28.8 Å². The summed E-state index contributed by atoms with van der Waals surface area (Å²) in [5.74, 6) is -8.61. The molecule has 0 aromatic heterocycles. The molecule has 25 heteroatoms. The summed E-state index contributed by atoms with van der Waals surface area (Å²) in [7, 11) is 8.61. The van der Waals surface area contributed by atoms with E-state index in [2.05, 4.69) is 43.9 Å². The molecule has 0 saturated carbocycles. The second-order valence-electron chi connectivity index (χ2n) is 29.0. The van der Waals surface area contributed by atoms with Crippen LogP contribution in [0.1, 0.15) is 142 Å². The number of aryl methyl sites for hydroxylation is 2. The molecule has 3 aliphatic heterocycles. The Bertz CT molecular complexity index is 3400. The van der Waals surface area contributed by atoms with Crippen molar-refractivity contribution >= 4 is 93.5 Å². The Morgan fingerprint density at radius 3 is 1.81 bits per heavy atom. The predicted octanol–water partition coefficient (Wildman–Crippen LogP) is 5.14. The van der Waals surface area contributed by atoms with Gasteiger partial charge in [-0.15, -0.1) is 0 Å². The summed E-state index contributed by atoms with van der Waals surface area (Å²) in [6.07, 6.45) is 2.87. The van der Waals surface area contributed by atoms with E-state index in [1.54, 1.807) is 24.0 Å². The minimum atomic E-state index is -1.73. The standard InChI is InChI=1S/C75H109IN12O12/c1-17-49(7)64-73(99)82(12)50(8)67(93)88-38-35-58(88)71(97)85(15)60(43-52-31-29-48(6)30-32-52)70(96)81(11)45-62(89)77-56(42-53-27-24-28-54(76)41-53)65(91)78-55(34-33-51-25-20-18-21-26-51)69(95)86(16)75(9,10)74(100)79-57(39-46(2)3)68(94)84(14)61(72(98)87-36-22-19-23-37-87)44-63(90)83(13)59(40-47(4)5)66(92)80-64/h18,20-21,24-32,41,46-47,49-50,55-61,64H,17,19,22-23,33-40,42-45H2,1-16H3,(H,77,89)(H,78,91)(H,79,100)(H,80,92)/t49-,50-,55-,56-,57-,58?,59-,60-,61-,64-/m0/s1. The molecule has 3 aromatic carbocycles. The first-order valence-electron chi connectivity index (χ1n) is 35.3. The van der Waals surface area contributed by atoms with Crippen LogP contribution in [0.4, 0.5) is 0 Å². The van der Waals surface area contributed by atoms with E-state index in [0.29, 0.717) is 49.9 Å². The van der Waals surface area contributed by atoms with Crippen molar-refractivity contribution in [3.05, 3.63) is 105 Å². The van der Waals surface area contributed by atoms with Crippen molar-refractivity contribution < 1.29 is 57.5 Å². The minimum Gasteiger partial charge on any atom is -0.342 e. The Morgan fingerprint density at radius 2 is 1.22 bits per heavy atom. The van der Waals surface area contributed by atoms with Gasteiger partial charge in [-0.3, -0.25) is 57.5 Å². The SMILES string of the molecule is CC[C@H](C)[C@@H]1NC(=O)[C@H](CC(C)C)N(C)C(=O)C[C@@H](C(=O)N2CCCCC2)N(C)C(=O)[C@H](CC(C)C)NC(=O)C(C)(C)N(C)C(=O)[C@H](CCc2ccccc2)NC(=O)[C@H](Cc2cccc(I)c2)NC(=O)CN(C)C(=O)[C@H](Cc2ccc(C)cc2)N(C)C(=O)C2CCN2C(=O)[C@H](C)N(C)C1=O. The molecular formula is C75H109IN12O12. The molecule has 3 fully saturated rings. The van der Waals surface area contributed by atoms with E-state index in [4.69, 9.17) is 0 Å². The van der Waals surface area contributed by atoms with Gasteiger partial charge in [0.2, 0.25) is 70.9 Å². The van der Waals surface area contributed by atoms with Gasteiger partial charge in [-0.25, -0.2) is 0 Å². The summed E-state index contributed by atoms with van der Waals surface area (Å²) in [4.78, 5) is 190. The normalized spacial score (nSPS) is 25.1. The quantitative estimate of drug-likeness (QED) is 0.153. The summed E-state index contributed by atoms with van der Waals surface area (Å²) in [5, 5.41) is 11.6. The van der Waals surface area contributed by atoms with E-state index in [1.807, 2.05) is 108 Å². The topological polar surface area (TPSA) is 279 Å². The van der Waals surface area contributed by atoms with E-state index >= 15 is 28.8 Å². The highest BCUT2D eigenvalue weighted by Crippen LogP contribution is 2.27. The van der Waals surface area contributed by atoms with Crippen molar-refractivity contribution in [2.75, 3.05) is 68.5 Å². The number of nitrogens with one attached hydrogen (secondary N) is 4. The lowest BCUT2D eigenvalue weighted by Crippen LogP contribution is -2.65. The molecule has 0 radical (unpaired) electrons. The van der Waals surface area contributed by atoms with Crippen molar-refractivity contribution in [2.24, 2.45) is 17.8 Å². The number of amides is 12. The van der Waals surface area contributed by atoms with Crippen molar-refractivity contribution in [1.29, 1.82) is 0 Å². The molecule has 3 saturated heterocycles. The number of halogens is 1. The molecule has 548 valence electrons. The van der Waals surface area contributed by atoms with Gasteiger partial charge in [0.05, 0.1) is 13.0 Å². The second kappa shape index (κ2) is 36.6. The fourth-order valence-corrected chi connectivity index (χ4v) is 13.5. The van der Waals surface area contributed by atoms with Gasteiger partial charge in [0.15, 0.2) is 0 Å².